The Hall–Kier alpha value is 0.921. The van der Waals surface area contributed by atoms with Gasteiger partial charge in [-0.25, -0.2) is 0 Å². The molecule has 0 aliphatic carbocycles. The van der Waals surface area contributed by atoms with Gasteiger partial charge in [-0.1, -0.05) is 0 Å². The molecular weight excluding hydrogens is 697 g/mol. The molecule has 0 radical (unpaired) electrons. The molecule has 0 atom stereocenters. The third-order valence-corrected chi connectivity index (χ3v) is 49.5. The third-order valence-electron chi connectivity index (χ3n) is 6.47. The Labute approximate surface area is 257 Å². The van der Waals surface area contributed by atoms with E-state index in [0.717, 1.165) is 0 Å². The number of allylic oxidation sites excluding steroid dienone is 2. The Kier molecular flexibility index (Phi) is 9.74. The minimum atomic E-state index is -5.39. The van der Waals surface area contributed by atoms with Gasteiger partial charge in [0.05, 0.1) is 0 Å². The van der Waals surface area contributed by atoms with Gasteiger partial charge in [0, 0.05) is 0 Å². The van der Waals surface area contributed by atoms with E-state index in [1.807, 2.05) is 78.6 Å². The van der Waals surface area contributed by atoms with Crippen molar-refractivity contribution in [2.45, 2.75) is 130 Å². The topological polar surface area (TPSA) is 31.4 Å². The molecular formula is C22H54F6N4O2P2Si6. The number of hydrogen-bond acceptors (Lipinski definition) is 6. The molecule has 0 aromatic carbocycles. The first-order valence-corrected chi connectivity index (χ1v) is 38.0. The molecule has 0 amide bonds. The van der Waals surface area contributed by atoms with E-state index >= 15 is 0 Å². The molecule has 0 N–H and O–H groups in total. The summed E-state index contributed by atoms with van der Waals surface area (Å²) in [5.41, 5.74) is 0. The van der Waals surface area contributed by atoms with Crippen LogP contribution in [0.4, 0.5) is 26.3 Å². The zero-order valence-corrected chi connectivity index (χ0v) is 36.6. The van der Waals surface area contributed by atoms with Gasteiger partial charge in [-0.05, 0) is 0 Å². The van der Waals surface area contributed by atoms with Crippen LogP contribution >= 0.6 is 15.9 Å². The average Bonchev–Trinajstić information content (AvgIpc) is 2.92. The van der Waals surface area contributed by atoms with Gasteiger partial charge < -0.3 is 0 Å². The summed E-state index contributed by atoms with van der Waals surface area (Å²) in [4.78, 5) is 0. The molecule has 0 aromatic rings. The van der Waals surface area contributed by atoms with Gasteiger partial charge in [-0.3, -0.25) is 0 Å². The maximum atomic E-state index is 14.8. The van der Waals surface area contributed by atoms with E-state index in [-0.39, 0.29) is 0 Å². The van der Waals surface area contributed by atoms with Crippen molar-refractivity contribution >= 4 is 65.3 Å². The van der Waals surface area contributed by atoms with Crippen molar-refractivity contribution in [2.24, 2.45) is 0 Å². The molecule has 1 saturated heterocycles. The number of alkyl halides is 6. The van der Waals surface area contributed by atoms with E-state index in [1.54, 1.807) is 0 Å². The van der Waals surface area contributed by atoms with Crippen molar-refractivity contribution in [3.8, 4) is 0 Å². The summed E-state index contributed by atoms with van der Waals surface area (Å²) < 4.78 is 110. The zero-order valence-electron chi connectivity index (χ0n) is 28.8. The van der Waals surface area contributed by atoms with Crippen LogP contribution < -0.4 is 0 Å². The predicted octanol–water partition coefficient (Wildman–Crippen LogP) is 11.0. The van der Waals surface area contributed by atoms with Gasteiger partial charge >= 0.3 is 259 Å². The van der Waals surface area contributed by atoms with E-state index < -0.39 is 89.2 Å². The number of hydrogen-bond donors (Lipinski definition) is 0. The Morgan fingerprint density at radius 1 is 0.524 bits per heavy atom. The summed E-state index contributed by atoms with van der Waals surface area (Å²) in [6.07, 6.45) is -10.8. The van der Waals surface area contributed by atoms with Crippen LogP contribution in [0, 0.1) is 0 Å². The maximum absolute atomic E-state index is 14.8. The molecule has 2 rings (SSSR count). The molecule has 2 aliphatic heterocycles. The molecule has 1 spiro atoms. The van der Waals surface area contributed by atoms with Crippen molar-refractivity contribution in [1.29, 1.82) is 0 Å². The predicted molar refractivity (Wildman–Crippen MR) is 183 cm³/mol. The molecule has 0 saturated carbocycles. The second-order valence-corrected chi connectivity index (χ2v) is 55.4. The second kappa shape index (κ2) is 10.5. The normalized spacial score (nSPS) is 24.5. The van der Waals surface area contributed by atoms with Gasteiger partial charge in [-0.15, -0.1) is 0 Å². The second-order valence-electron chi connectivity index (χ2n) is 17.2. The molecule has 6 nitrogen and oxygen atoms in total. The van der Waals surface area contributed by atoms with E-state index in [4.69, 9.17) is 9.05 Å². The van der Waals surface area contributed by atoms with Crippen molar-refractivity contribution in [3.63, 3.8) is 0 Å². The number of nitrogens with zero attached hydrogens (tertiary/aromatic N) is 4. The molecule has 250 valence electrons. The Balaban J connectivity index is 3.39. The monoisotopic (exact) mass is 750 g/mol. The van der Waals surface area contributed by atoms with Gasteiger partial charge in [0.25, 0.3) is 0 Å². The fourth-order valence-corrected chi connectivity index (χ4v) is 65.2. The first-order valence-electron chi connectivity index (χ1n) is 14.2. The van der Waals surface area contributed by atoms with E-state index in [0.29, 0.717) is 0 Å². The van der Waals surface area contributed by atoms with Gasteiger partial charge in [0.15, 0.2) is 0 Å². The molecule has 2 heterocycles. The van der Waals surface area contributed by atoms with E-state index in [1.165, 1.54) is 0 Å². The summed E-state index contributed by atoms with van der Waals surface area (Å²) in [5.74, 6) is -4.05. The molecule has 20 heteroatoms. The minimum absolute atomic E-state index is 1.49. The third kappa shape index (κ3) is 6.40. The van der Waals surface area contributed by atoms with Crippen LogP contribution in [0.25, 0.3) is 0 Å². The first-order chi connectivity index (χ1) is 17.9. The van der Waals surface area contributed by atoms with Crippen LogP contribution in [0.3, 0.4) is 0 Å². The summed E-state index contributed by atoms with van der Waals surface area (Å²) >= 11 is 0. The van der Waals surface area contributed by atoms with Crippen molar-refractivity contribution in [1.82, 2.24) is 16.2 Å². The van der Waals surface area contributed by atoms with Gasteiger partial charge in [0.2, 0.25) is 0 Å². The number of rotatable bonds is 8. The molecule has 1 fully saturated rings. The van der Waals surface area contributed by atoms with E-state index in [2.05, 4.69) is 55.5 Å². The SMILES string of the molecule is C[Si](C)(C)N(P1N([Si](C)(C)C)P2(N([Si](C)(C)C)[Si](C)(C)C)(OC(C(F)(F)F)=C(C(F)(F)F)O2)N1[Si](C)(C)C)[Si](C)(C)C. The Bertz CT molecular complexity index is 1020. The zero-order chi connectivity index (χ0) is 33.9. The fourth-order valence-electron chi connectivity index (χ4n) is 6.90. The Morgan fingerprint density at radius 3 is 0.952 bits per heavy atom. The standard InChI is InChI=1S/C22H54F6N4O2P2Si6/c1-37(2,3)29-35(31(39(7,8)9)40(10,11)12)30(38(4,5)6)36(29,32(41(13,14)15)42(16,17)18)33-19(21(23,24)25)20(34-36)22(26,27)28/h1-18H3. The van der Waals surface area contributed by atoms with Crippen LogP contribution in [-0.4, -0.2) is 78.0 Å². The summed E-state index contributed by atoms with van der Waals surface area (Å²) in [6.45, 7) is 37.4. The fraction of sp³-hybridized carbons (Fsp3) is 0.909. The van der Waals surface area contributed by atoms with Gasteiger partial charge in [0.1, 0.15) is 0 Å². The molecule has 0 bridgehead atoms. The quantitative estimate of drug-likeness (QED) is 0.140. The van der Waals surface area contributed by atoms with Gasteiger partial charge in [-0.2, -0.15) is 0 Å². The van der Waals surface area contributed by atoms with Crippen LogP contribution in [0.5, 0.6) is 0 Å². The van der Waals surface area contributed by atoms with Crippen LogP contribution in [0.1, 0.15) is 0 Å². The van der Waals surface area contributed by atoms with Crippen molar-refractivity contribution < 1.29 is 35.4 Å². The first kappa shape index (κ1) is 39.1. The van der Waals surface area contributed by atoms with Crippen LogP contribution in [0.2, 0.25) is 118 Å². The van der Waals surface area contributed by atoms with Crippen LogP contribution in [0.15, 0.2) is 11.5 Å². The summed E-state index contributed by atoms with van der Waals surface area (Å²) in [5, 5.41) is 0. The van der Waals surface area contributed by atoms with Crippen molar-refractivity contribution in [3.05, 3.63) is 11.5 Å². The Morgan fingerprint density at radius 2 is 0.786 bits per heavy atom. The molecule has 0 unspecified atom stereocenters. The van der Waals surface area contributed by atoms with Crippen LogP contribution in [-0.2, 0) is 9.05 Å². The number of halogens is 6. The molecule has 42 heavy (non-hydrogen) atoms. The molecule has 2 aliphatic rings. The molecule has 0 aromatic heterocycles. The average molecular weight is 751 g/mol. The van der Waals surface area contributed by atoms with E-state index in [9.17, 15) is 26.3 Å². The summed E-state index contributed by atoms with van der Waals surface area (Å²) in [6, 6.07) is 0. The van der Waals surface area contributed by atoms with Crippen molar-refractivity contribution in [2.75, 3.05) is 0 Å². The summed E-state index contributed by atoms with van der Waals surface area (Å²) in [7, 11) is -22.2.